The highest BCUT2D eigenvalue weighted by Gasteiger charge is 2.47. The number of nitrogens with one attached hydrogen (secondary N) is 3. The van der Waals surface area contributed by atoms with E-state index in [1.807, 2.05) is 65.3 Å². The predicted molar refractivity (Wildman–Crippen MR) is 259 cm³/mol. The Labute approximate surface area is 406 Å². The van der Waals surface area contributed by atoms with Crippen LogP contribution < -0.4 is 20.9 Å². The smallest absolute Gasteiger partial charge is 0.266 e. The number of allylic oxidation sites excluding steroid dienone is 3. The Balaban J connectivity index is 0.889. The number of rotatable bonds is 12. The van der Waals surface area contributed by atoms with Crippen LogP contribution in [0.5, 0.6) is 0 Å². The van der Waals surface area contributed by atoms with Gasteiger partial charge in [0.05, 0.1) is 46.3 Å². The number of amides is 4. The molecule has 7 atom stereocenters. The largest absolute Gasteiger partial charge is 0.391 e. The normalized spacial score (nSPS) is 24.6. The van der Waals surface area contributed by atoms with Crippen LogP contribution in [0.25, 0.3) is 5.57 Å². The first-order chi connectivity index (χ1) is 32.7. The first kappa shape index (κ1) is 49.4. The standard InChI is InChI=1S/C51H62F2N10O5S/c1-28-18-34(8-9-37(28)44-31(4)56-27-69-44)30(3)57-47(66)40-22-36(64)25-63(40)49(68)45(50(5,6)7)60-46(65)38-23-39(29(38)2)48(67)61-15-11-33(12-16-61)35-20-42(58-41-19-32(24-54)10-14-55-41)59-43(21-35)62-17-13-51(52,53)26-62/h8-10,14,19-21,23,27-30,33,36,39-40,45,64H,11-13,15-18,22,25-26H2,1-7H3,(H,57,66)(H,60,65)(H,55,58,59)/t28?,29?,30-,36+,39?,40-,45+/m0/s1. The van der Waals surface area contributed by atoms with E-state index in [9.17, 15) is 38.3 Å². The molecule has 69 heavy (non-hydrogen) atoms. The van der Waals surface area contributed by atoms with Crippen LogP contribution in [-0.2, 0) is 19.2 Å². The number of thiazole rings is 1. The molecule has 3 saturated heterocycles. The molecule has 18 heteroatoms. The second-order valence-corrected chi connectivity index (χ2v) is 21.4. The highest BCUT2D eigenvalue weighted by Crippen LogP contribution is 2.40. The van der Waals surface area contributed by atoms with E-state index in [4.69, 9.17) is 0 Å². The highest BCUT2D eigenvalue weighted by atomic mass is 32.1. The summed E-state index contributed by atoms with van der Waals surface area (Å²) < 4.78 is 28.6. The van der Waals surface area contributed by atoms with Gasteiger partial charge in [-0.3, -0.25) is 19.2 Å². The molecule has 3 aromatic heterocycles. The second-order valence-electron chi connectivity index (χ2n) is 20.5. The number of β-amino-alcohol motifs (C(OH)–C–C–N with tert-alkyl or cyclic N) is 1. The van der Waals surface area contributed by atoms with Crippen molar-refractivity contribution < 1.29 is 33.1 Å². The lowest BCUT2D eigenvalue weighted by Crippen LogP contribution is -2.59. The molecule has 3 unspecified atom stereocenters. The first-order valence-corrected chi connectivity index (χ1v) is 24.8. The SMILES string of the molecule is Cc1ncsc1C1=CC=C([C@H](C)NC(=O)[C@@H]2C[C@@H](O)CN2C(=O)[C@@H](NC(=O)C2=CC(C(=O)N3CCC(c4cc(Nc5cc(C#N)ccn5)nc(N5CCC(F)(F)C5)c4)CC3)C2C)C(C)(C)C)CC1C. The van der Waals surface area contributed by atoms with E-state index in [1.54, 1.807) is 39.3 Å². The van der Waals surface area contributed by atoms with Gasteiger partial charge >= 0.3 is 0 Å². The fraction of sp³-hybridized carbons (Fsp3) is 0.529. The molecule has 0 spiro atoms. The summed E-state index contributed by atoms with van der Waals surface area (Å²) in [6.07, 6.45) is 8.19. The summed E-state index contributed by atoms with van der Waals surface area (Å²) in [5, 5.41) is 29.4. The Morgan fingerprint density at radius 2 is 1.78 bits per heavy atom. The van der Waals surface area contributed by atoms with Crippen molar-refractivity contribution in [1.82, 2.24) is 35.4 Å². The number of hydrogen-bond acceptors (Lipinski definition) is 12. The lowest BCUT2D eigenvalue weighted by molar-refractivity contribution is -0.144. The Morgan fingerprint density at radius 1 is 1.03 bits per heavy atom. The fourth-order valence-corrected chi connectivity index (χ4v) is 11.2. The van der Waals surface area contributed by atoms with Crippen LogP contribution >= 0.6 is 11.3 Å². The molecule has 2 aliphatic carbocycles. The Hall–Kier alpha value is -6.06. The summed E-state index contributed by atoms with van der Waals surface area (Å²) in [5.74, 6) is -3.70. The van der Waals surface area contributed by atoms with Gasteiger partial charge in [-0.2, -0.15) is 5.26 Å². The van der Waals surface area contributed by atoms with Gasteiger partial charge in [-0.15, -0.1) is 11.3 Å². The molecule has 3 aromatic rings. The van der Waals surface area contributed by atoms with E-state index in [2.05, 4.69) is 50.0 Å². The van der Waals surface area contributed by atoms with Crippen LogP contribution in [0.4, 0.5) is 26.2 Å². The van der Waals surface area contributed by atoms with Gasteiger partial charge in [-0.1, -0.05) is 52.8 Å². The highest BCUT2D eigenvalue weighted by molar-refractivity contribution is 7.11. The van der Waals surface area contributed by atoms with E-state index in [1.165, 1.54) is 16.7 Å². The van der Waals surface area contributed by atoms with Gasteiger partial charge in [0.1, 0.15) is 29.5 Å². The van der Waals surface area contributed by atoms with E-state index in [0.29, 0.717) is 54.5 Å². The predicted octanol–water partition coefficient (Wildman–Crippen LogP) is 6.65. The maximum atomic E-state index is 14.4. The van der Waals surface area contributed by atoms with Crippen molar-refractivity contribution >= 4 is 58.0 Å². The minimum Gasteiger partial charge on any atom is -0.391 e. The van der Waals surface area contributed by atoms with Crippen molar-refractivity contribution in [3.63, 3.8) is 0 Å². The number of aryl methyl sites for hydroxylation is 1. The number of piperidine rings is 1. The molecule has 3 fully saturated rings. The molecule has 6 heterocycles. The third kappa shape index (κ3) is 10.7. The maximum absolute atomic E-state index is 14.4. The number of likely N-dealkylation sites (tertiary alicyclic amines) is 2. The maximum Gasteiger partial charge on any atom is 0.266 e. The summed E-state index contributed by atoms with van der Waals surface area (Å²) in [6.45, 7) is 14.0. The monoisotopic (exact) mass is 964 g/mol. The van der Waals surface area contributed by atoms with Crippen LogP contribution in [0.3, 0.4) is 0 Å². The molecule has 4 amide bonds. The van der Waals surface area contributed by atoms with Gasteiger partial charge in [0, 0.05) is 62.8 Å². The molecule has 366 valence electrons. The van der Waals surface area contributed by atoms with Crippen molar-refractivity contribution in [1.29, 1.82) is 5.26 Å². The summed E-state index contributed by atoms with van der Waals surface area (Å²) in [7, 11) is 0. The Kier molecular flexibility index (Phi) is 14.1. The minimum atomic E-state index is -2.82. The van der Waals surface area contributed by atoms with Crippen molar-refractivity contribution in [2.24, 2.45) is 23.2 Å². The lowest BCUT2D eigenvalue weighted by Gasteiger charge is -2.40. The molecule has 0 bridgehead atoms. The molecule has 0 aromatic carbocycles. The number of nitrogens with zero attached hydrogens (tertiary/aromatic N) is 7. The minimum absolute atomic E-state index is 0.00879. The number of aliphatic hydroxyl groups excluding tert-OH is 1. The topological polar surface area (TPSA) is 197 Å². The van der Waals surface area contributed by atoms with Gasteiger partial charge in [0.25, 0.3) is 5.92 Å². The van der Waals surface area contributed by atoms with Crippen LogP contribution in [0.15, 0.2) is 65.3 Å². The fourth-order valence-electron chi connectivity index (χ4n) is 10.2. The second kappa shape index (κ2) is 19.7. The summed E-state index contributed by atoms with van der Waals surface area (Å²) in [6, 6.07) is 6.70. The summed E-state index contributed by atoms with van der Waals surface area (Å²) in [5.41, 5.74) is 6.05. The number of nitriles is 1. The van der Waals surface area contributed by atoms with Crippen LogP contribution in [-0.4, -0.2) is 116 Å². The quantitative estimate of drug-likeness (QED) is 0.152. The Bertz CT molecular complexity index is 2630. The number of carbonyl (C=O) groups is 4. The van der Waals surface area contributed by atoms with E-state index in [-0.39, 0.29) is 55.6 Å². The molecule has 0 radical (unpaired) electrons. The number of carbonyl (C=O) groups excluding carboxylic acids is 4. The van der Waals surface area contributed by atoms with Crippen molar-refractivity contribution in [3.8, 4) is 6.07 Å². The van der Waals surface area contributed by atoms with Crippen LogP contribution in [0, 0.1) is 41.4 Å². The molecule has 15 nitrogen and oxygen atoms in total. The van der Waals surface area contributed by atoms with Gasteiger partial charge in [-0.05, 0) is 91.3 Å². The molecular formula is C51H62F2N10O5S. The Morgan fingerprint density at radius 3 is 2.42 bits per heavy atom. The van der Waals surface area contributed by atoms with Crippen LogP contribution in [0.1, 0.15) is 101 Å². The first-order valence-electron chi connectivity index (χ1n) is 23.9. The molecule has 3 aliphatic heterocycles. The molecule has 5 aliphatic rings. The molecule has 0 saturated carbocycles. The number of aromatic nitrogens is 3. The zero-order valence-electron chi connectivity index (χ0n) is 40.3. The third-order valence-electron chi connectivity index (χ3n) is 14.4. The average Bonchev–Trinajstić information content (AvgIpc) is 4.03. The van der Waals surface area contributed by atoms with Crippen LogP contribution in [0.2, 0.25) is 0 Å². The number of alkyl halides is 2. The van der Waals surface area contributed by atoms with E-state index >= 15 is 0 Å². The van der Waals surface area contributed by atoms with Gasteiger partial charge in [0.15, 0.2) is 0 Å². The molecule has 4 N–H and O–H groups in total. The van der Waals surface area contributed by atoms with Crippen molar-refractivity contribution in [3.05, 3.63) is 87.0 Å². The van der Waals surface area contributed by atoms with E-state index in [0.717, 1.165) is 28.1 Å². The number of anilines is 3. The number of aliphatic hydroxyl groups is 1. The van der Waals surface area contributed by atoms with Gasteiger partial charge in [-0.25, -0.2) is 23.7 Å². The van der Waals surface area contributed by atoms with E-state index < -0.39 is 59.7 Å². The van der Waals surface area contributed by atoms with Crippen molar-refractivity contribution in [2.45, 2.75) is 117 Å². The molecule has 8 rings (SSSR count). The van der Waals surface area contributed by atoms with Gasteiger partial charge in [0.2, 0.25) is 23.6 Å². The van der Waals surface area contributed by atoms with Crippen molar-refractivity contribution in [2.75, 3.05) is 42.9 Å². The number of hydrogen-bond donors (Lipinski definition) is 4. The number of pyridine rings is 2. The third-order valence-corrected chi connectivity index (χ3v) is 15.4. The average molecular weight is 965 g/mol. The number of halogens is 2. The zero-order valence-corrected chi connectivity index (χ0v) is 41.1. The summed E-state index contributed by atoms with van der Waals surface area (Å²) in [4.78, 5) is 75.5. The lowest BCUT2D eigenvalue weighted by atomic mass is 9.73. The summed E-state index contributed by atoms with van der Waals surface area (Å²) >= 11 is 1.62. The van der Waals surface area contributed by atoms with Gasteiger partial charge < -0.3 is 35.8 Å². The zero-order chi connectivity index (χ0) is 49.5. The molecular weight excluding hydrogens is 903 g/mol.